The molecule has 0 N–H and O–H groups in total. The third kappa shape index (κ3) is 0.865. The van der Waals surface area contributed by atoms with Gasteiger partial charge in [-0.1, -0.05) is 30.3 Å². The molecule has 0 aliphatic carbocycles. The van der Waals surface area contributed by atoms with Crippen LogP contribution in [0.4, 0.5) is 0 Å². The molecule has 0 radical (unpaired) electrons. The van der Waals surface area contributed by atoms with Gasteiger partial charge in [0.25, 0.3) is 5.95 Å². The summed E-state index contributed by atoms with van der Waals surface area (Å²) in [5.74, 6) is 1.48. The number of hydrogen-bond acceptors (Lipinski definition) is 2. The SMILES string of the molecule is C1=Cc2oc(c3ccc4ccccc4c23)O1. The summed E-state index contributed by atoms with van der Waals surface area (Å²) in [4.78, 5) is 0. The van der Waals surface area contributed by atoms with E-state index in [4.69, 9.17) is 9.15 Å². The molecule has 1 aliphatic rings. The van der Waals surface area contributed by atoms with Crippen molar-refractivity contribution in [2.75, 3.05) is 0 Å². The third-order valence-electron chi connectivity index (χ3n) is 2.99. The molecule has 0 unspecified atom stereocenters. The maximum Gasteiger partial charge on any atom is 0.298 e. The van der Waals surface area contributed by atoms with Gasteiger partial charge in [-0.25, -0.2) is 0 Å². The lowest BCUT2D eigenvalue weighted by Gasteiger charge is -1.98. The van der Waals surface area contributed by atoms with E-state index in [2.05, 4.69) is 18.2 Å². The molecule has 2 heteroatoms. The fraction of sp³-hybridized carbons (Fsp3) is 0. The molecule has 0 saturated carbocycles. The van der Waals surface area contributed by atoms with Gasteiger partial charge >= 0.3 is 0 Å². The average Bonchev–Trinajstić information content (AvgIpc) is 2.61. The Kier molecular flexibility index (Phi) is 1.33. The van der Waals surface area contributed by atoms with E-state index in [1.54, 1.807) is 6.26 Å². The van der Waals surface area contributed by atoms with Crippen molar-refractivity contribution in [1.29, 1.82) is 0 Å². The molecule has 2 nitrogen and oxygen atoms in total. The molecule has 0 amide bonds. The average molecular weight is 208 g/mol. The van der Waals surface area contributed by atoms with Crippen molar-refractivity contribution in [1.82, 2.24) is 0 Å². The number of fused-ring (bicyclic) bond motifs is 7. The van der Waals surface area contributed by atoms with Crippen molar-refractivity contribution in [2.24, 2.45) is 0 Å². The van der Waals surface area contributed by atoms with E-state index in [-0.39, 0.29) is 0 Å². The van der Waals surface area contributed by atoms with Gasteiger partial charge in [-0.2, -0.15) is 0 Å². The van der Waals surface area contributed by atoms with Gasteiger partial charge in [0.05, 0.1) is 11.6 Å². The Labute approximate surface area is 91.7 Å². The van der Waals surface area contributed by atoms with Gasteiger partial charge in [0.1, 0.15) is 5.76 Å². The van der Waals surface area contributed by atoms with Crippen LogP contribution in [-0.4, -0.2) is 0 Å². The molecule has 4 rings (SSSR count). The van der Waals surface area contributed by atoms with Crippen LogP contribution in [0, 0.1) is 0 Å². The Morgan fingerprint density at radius 1 is 0.875 bits per heavy atom. The molecular formula is C14H8O2. The first kappa shape index (κ1) is 7.99. The van der Waals surface area contributed by atoms with E-state index >= 15 is 0 Å². The van der Waals surface area contributed by atoms with Gasteiger partial charge in [0.15, 0.2) is 0 Å². The Balaban J connectivity index is 2.33. The Hall–Kier alpha value is -2.22. The van der Waals surface area contributed by atoms with Crippen LogP contribution in [0.25, 0.3) is 27.6 Å². The molecule has 0 atom stereocenters. The van der Waals surface area contributed by atoms with Crippen LogP contribution in [0.1, 0.15) is 5.76 Å². The van der Waals surface area contributed by atoms with Gasteiger partial charge in [-0.05, 0) is 16.8 Å². The van der Waals surface area contributed by atoms with Crippen LogP contribution in [0.15, 0.2) is 47.1 Å². The summed E-state index contributed by atoms with van der Waals surface area (Å²) in [6, 6.07) is 12.4. The van der Waals surface area contributed by atoms with Gasteiger partial charge in [0.2, 0.25) is 0 Å². The van der Waals surface area contributed by atoms with E-state index in [0.29, 0.717) is 5.95 Å². The molecule has 3 aromatic rings. The summed E-state index contributed by atoms with van der Waals surface area (Å²) in [5.41, 5.74) is 0. The Morgan fingerprint density at radius 2 is 1.81 bits per heavy atom. The first-order valence-electron chi connectivity index (χ1n) is 5.21. The number of ether oxygens (including phenoxy) is 1. The Morgan fingerprint density at radius 3 is 2.81 bits per heavy atom. The Bertz CT molecular complexity index is 735. The highest BCUT2D eigenvalue weighted by molar-refractivity contribution is 6.12. The minimum absolute atomic E-state index is 0.596. The van der Waals surface area contributed by atoms with Crippen LogP contribution in [-0.2, 0) is 0 Å². The molecule has 2 aromatic carbocycles. The van der Waals surface area contributed by atoms with Gasteiger partial charge < -0.3 is 9.15 Å². The lowest BCUT2D eigenvalue weighted by Crippen LogP contribution is -1.80. The highest BCUT2D eigenvalue weighted by Crippen LogP contribution is 2.39. The van der Waals surface area contributed by atoms with Crippen LogP contribution in [0.2, 0.25) is 0 Å². The summed E-state index contributed by atoms with van der Waals surface area (Å²) in [5, 5.41) is 4.61. The minimum Gasteiger partial charge on any atom is -0.433 e. The normalized spacial score (nSPS) is 13.2. The second kappa shape index (κ2) is 2.67. The van der Waals surface area contributed by atoms with Crippen LogP contribution in [0.3, 0.4) is 0 Å². The first-order chi connectivity index (χ1) is 7.93. The number of hydrogen-bond donors (Lipinski definition) is 0. The van der Waals surface area contributed by atoms with E-state index < -0.39 is 0 Å². The molecular weight excluding hydrogens is 200 g/mol. The summed E-state index contributed by atoms with van der Waals surface area (Å²) >= 11 is 0. The maximum absolute atomic E-state index is 5.60. The second-order valence-electron chi connectivity index (χ2n) is 3.88. The predicted molar refractivity (Wildman–Crippen MR) is 63.4 cm³/mol. The molecule has 2 bridgehead atoms. The van der Waals surface area contributed by atoms with Gasteiger partial charge in [-0.3, -0.25) is 0 Å². The monoisotopic (exact) mass is 208 g/mol. The van der Waals surface area contributed by atoms with Crippen molar-refractivity contribution >= 4 is 27.6 Å². The van der Waals surface area contributed by atoms with E-state index in [1.807, 2.05) is 24.3 Å². The zero-order valence-corrected chi connectivity index (χ0v) is 8.44. The van der Waals surface area contributed by atoms with E-state index in [9.17, 15) is 0 Å². The summed E-state index contributed by atoms with van der Waals surface area (Å²) in [7, 11) is 0. The van der Waals surface area contributed by atoms with Gasteiger partial charge in [-0.15, -0.1) is 0 Å². The molecule has 0 spiro atoms. The smallest absolute Gasteiger partial charge is 0.298 e. The van der Waals surface area contributed by atoms with E-state index in [1.165, 1.54) is 10.8 Å². The quantitative estimate of drug-likeness (QED) is 0.558. The van der Waals surface area contributed by atoms with Crippen molar-refractivity contribution in [2.45, 2.75) is 0 Å². The van der Waals surface area contributed by atoms with Crippen LogP contribution >= 0.6 is 0 Å². The highest BCUT2D eigenvalue weighted by Gasteiger charge is 2.17. The lowest BCUT2D eigenvalue weighted by atomic mass is 10.0. The molecule has 16 heavy (non-hydrogen) atoms. The zero-order valence-electron chi connectivity index (χ0n) is 8.44. The standard InChI is InChI=1S/C14H8O2/c1-2-4-10-9(3-1)5-6-11-13(10)12-7-8-15-14(11)16-12/h1-8H. The zero-order chi connectivity index (χ0) is 10.5. The second-order valence-corrected chi connectivity index (χ2v) is 3.88. The third-order valence-corrected chi connectivity index (χ3v) is 2.99. The first-order valence-corrected chi connectivity index (χ1v) is 5.21. The highest BCUT2D eigenvalue weighted by atomic mass is 16.6. The predicted octanol–water partition coefficient (Wildman–Crippen LogP) is 3.95. The fourth-order valence-corrected chi connectivity index (χ4v) is 2.28. The van der Waals surface area contributed by atoms with Crippen molar-refractivity contribution in [3.8, 4) is 5.95 Å². The molecule has 0 saturated heterocycles. The largest absolute Gasteiger partial charge is 0.433 e. The molecule has 2 heterocycles. The number of benzene rings is 2. The van der Waals surface area contributed by atoms with Crippen LogP contribution in [0.5, 0.6) is 5.95 Å². The molecule has 1 aromatic heterocycles. The minimum atomic E-state index is 0.596. The lowest BCUT2D eigenvalue weighted by molar-refractivity contribution is 0.336. The summed E-state index contributed by atoms with van der Waals surface area (Å²) in [6.45, 7) is 0. The van der Waals surface area contributed by atoms with E-state index in [0.717, 1.165) is 16.5 Å². The number of furan rings is 1. The molecule has 76 valence electrons. The van der Waals surface area contributed by atoms with Crippen molar-refractivity contribution in [3.05, 3.63) is 48.4 Å². The molecule has 0 fully saturated rings. The number of rotatable bonds is 0. The van der Waals surface area contributed by atoms with Crippen LogP contribution < -0.4 is 4.74 Å². The van der Waals surface area contributed by atoms with Crippen molar-refractivity contribution < 1.29 is 9.15 Å². The maximum atomic E-state index is 5.60. The summed E-state index contributed by atoms with van der Waals surface area (Å²) in [6.07, 6.45) is 3.53. The van der Waals surface area contributed by atoms with Crippen molar-refractivity contribution in [3.63, 3.8) is 0 Å². The van der Waals surface area contributed by atoms with Gasteiger partial charge in [0, 0.05) is 11.5 Å². The summed E-state index contributed by atoms with van der Waals surface area (Å²) < 4.78 is 10.9. The molecule has 1 aliphatic heterocycles. The topological polar surface area (TPSA) is 22.4 Å². The fourth-order valence-electron chi connectivity index (χ4n) is 2.28.